The highest BCUT2D eigenvalue weighted by Gasteiger charge is 2.22. The molecule has 0 aliphatic rings. The molecule has 8 aromatic carbocycles. The van der Waals surface area contributed by atoms with Crippen molar-refractivity contribution in [3.05, 3.63) is 182 Å². The van der Waals surface area contributed by atoms with E-state index in [0.717, 1.165) is 55.6 Å². The minimum Gasteiger partial charge on any atom is -0.456 e. The minimum atomic E-state index is 0.899. The van der Waals surface area contributed by atoms with Gasteiger partial charge in [0.15, 0.2) is 0 Å². The van der Waals surface area contributed by atoms with Crippen LogP contribution in [0.1, 0.15) is 0 Å². The van der Waals surface area contributed by atoms with E-state index in [1.807, 2.05) is 6.07 Å². The Labute approximate surface area is 283 Å². The van der Waals surface area contributed by atoms with E-state index in [2.05, 4.69) is 185 Å². The van der Waals surface area contributed by atoms with E-state index in [-0.39, 0.29) is 0 Å². The fourth-order valence-electron chi connectivity index (χ4n) is 7.65. The van der Waals surface area contributed by atoms with E-state index in [1.54, 1.807) is 0 Å². The van der Waals surface area contributed by atoms with Crippen molar-refractivity contribution in [1.29, 1.82) is 0 Å². The first-order chi connectivity index (χ1) is 24.3. The first-order valence-electron chi connectivity index (χ1n) is 16.7. The lowest BCUT2D eigenvalue weighted by molar-refractivity contribution is 0.669. The van der Waals surface area contributed by atoms with Gasteiger partial charge < -0.3 is 13.9 Å². The number of furan rings is 1. The normalized spacial score (nSPS) is 11.7. The van der Waals surface area contributed by atoms with Crippen LogP contribution in [-0.2, 0) is 0 Å². The molecule has 0 spiro atoms. The molecule has 0 saturated heterocycles. The topological polar surface area (TPSA) is 21.3 Å². The van der Waals surface area contributed by atoms with Gasteiger partial charge in [-0.1, -0.05) is 121 Å². The first kappa shape index (κ1) is 27.5. The maximum absolute atomic E-state index is 6.32. The molecule has 0 aliphatic carbocycles. The van der Waals surface area contributed by atoms with Crippen molar-refractivity contribution in [1.82, 2.24) is 4.57 Å². The quantitative estimate of drug-likeness (QED) is 0.190. The molecule has 0 amide bonds. The predicted molar refractivity (Wildman–Crippen MR) is 206 cm³/mol. The first-order valence-corrected chi connectivity index (χ1v) is 16.7. The Kier molecular flexibility index (Phi) is 6.18. The van der Waals surface area contributed by atoms with Crippen molar-refractivity contribution in [2.45, 2.75) is 0 Å². The summed E-state index contributed by atoms with van der Waals surface area (Å²) in [5.74, 6) is 0. The monoisotopic (exact) mass is 626 g/mol. The Hall–Kier alpha value is -6.58. The van der Waals surface area contributed by atoms with Gasteiger partial charge in [-0.05, 0) is 71.6 Å². The van der Waals surface area contributed by atoms with Crippen molar-refractivity contribution in [3.8, 4) is 16.8 Å². The van der Waals surface area contributed by atoms with E-state index in [9.17, 15) is 0 Å². The summed E-state index contributed by atoms with van der Waals surface area (Å²) in [7, 11) is 0. The number of anilines is 3. The summed E-state index contributed by atoms with van der Waals surface area (Å²) in [6.07, 6.45) is 0. The lowest BCUT2D eigenvalue weighted by Gasteiger charge is -2.29. The summed E-state index contributed by atoms with van der Waals surface area (Å²) in [6.45, 7) is 0. The van der Waals surface area contributed by atoms with E-state index >= 15 is 0 Å². The Balaban J connectivity index is 1.30. The van der Waals surface area contributed by atoms with E-state index in [0.29, 0.717) is 0 Å². The summed E-state index contributed by atoms with van der Waals surface area (Å²) in [5.41, 5.74) is 10.9. The number of nitrogens with zero attached hydrogens (tertiary/aromatic N) is 2. The number of hydrogen-bond donors (Lipinski definition) is 0. The lowest BCUT2D eigenvalue weighted by Crippen LogP contribution is -2.12. The number of hydrogen-bond acceptors (Lipinski definition) is 2. The van der Waals surface area contributed by atoms with Crippen LogP contribution in [0.4, 0.5) is 17.1 Å². The zero-order valence-electron chi connectivity index (χ0n) is 26.6. The molecule has 10 rings (SSSR count). The SMILES string of the molecule is c1ccc(-c2ccccc2N(c2ccc3c4ccccc4n(-c4ccccc4)c3c2)c2cccc3c2ccc2oc4ccccc4c23)cc1. The Morgan fingerprint density at radius 3 is 1.94 bits per heavy atom. The van der Waals surface area contributed by atoms with Crippen LogP contribution in [0.15, 0.2) is 186 Å². The van der Waals surface area contributed by atoms with Crippen LogP contribution in [0, 0.1) is 0 Å². The molecule has 2 aromatic heterocycles. The van der Waals surface area contributed by atoms with Crippen LogP contribution in [0.2, 0.25) is 0 Å². The van der Waals surface area contributed by atoms with Gasteiger partial charge in [-0.2, -0.15) is 0 Å². The van der Waals surface area contributed by atoms with Gasteiger partial charge in [0.25, 0.3) is 0 Å². The molecule has 230 valence electrons. The summed E-state index contributed by atoms with van der Waals surface area (Å²) in [5, 5.41) is 7.07. The van der Waals surface area contributed by atoms with E-state index in [4.69, 9.17) is 4.42 Å². The van der Waals surface area contributed by atoms with Crippen molar-refractivity contribution < 1.29 is 4.42 Å². The average Bonchev–Trinajstić information content (AvgIpc) is 3.72. The third-order valence-electron chi connectivity index (χ3n) is 9.78. The molecule has 3 nitrogen and oxygen atoms in total. The van der Waals surface area contributed by atoms with Crippen LogP contribution in [0.3, 0.4) is 0 Å². The molecule has 0 atom stereocenters. The summed E-state index contributed by atoms with van der Waals surface area (Å²) >= 11 is 0. The van der Waals surface area contributed by atoms with Gasteiger partial charge in [0.05, 0.1) is 22.4 Å². The van der Waals surface area contributed by atoms with Gasteiger partial charge in [-0.15, -0.1) is 0 Å². The second-order valence-corrected chi connectivity index (χ2v) is 12.5. The predicted octanol–water partition coefficient (Wildman–Crippen LogP) is 13.0. The summed E-state index contributed by atoms with van der Waals surface area (Å²) < 4.78 is 8.71. The third kappa shape index (κ3) is 4.29. The highest BCUT2D eigenvalue weighted by atomic mass is 16.3. The summed E-state index contributed by atoms with van der Waals surface area (Å²) in [6, 6.07) is 65.0. The molecule has 0 fully saturated rings. The number of rotatable bonds is 5. The maximum atomic E-state index is 6.32. The smallest absolute Gasteiger partial charge is 0.136 e. The molecule has 3 heteroatoms. The fraction of sp³-hybridized carbons (Fsp3) is 0. The van der Waals surface area contributed by atoms with Crippen LogP contribution in [0.25, 0.3) is 71.3 Å². The third-order valence-corrected chi connectivity index (χ3v) is 9.78. The molecular weight excluding hydrogens is 597 g/mol. The second-order valence-electron chi connectivity index (χ2n) is 12.5. The van der Waals surface area contributed by atoms with E-state index < -0.39 is 0 Å². The zero-order chi connectivity index (χ0) is 32.3. The Morgan fingerprint density at radius 1 is 0.408 bits per heavy atom. The van der Waals surface area contributed by atoms with Gasteiger partial charge in [0.2, 0.25) is 0 Å². The molecule has 10 aromatic rings. The molecular formula is C46H30N2O. The van der Waals surface area contributed by atoms with Crippen LogP contribution in [0.5, 0.6) is 0 Å². The molecule has 2 heterocycles. The van der Waals surface area contributed by atoms with Crippen molar-refractivity contribution in [2.75, 3.05) is 4.90 Å². The van der Waals surface area contributed by atoms with Gasteiger partial charge in [-0.25, -0.2) is 0 Å². The maximum Gasteiger partial charge on any atom is 0.136 e. The zero-order valence-corrected chi connectivity index (χ0v) is 26.6. The highest BCUT2D eigenvalue weighted by molar-refractivity contribution is 6.21. The highest BCUT2D eigenvalue weighted by Crippen LogP contribution is 2.46. The Morgan fingerprint density at radius 2 is 1.06 bits per heavy atom. The average molecular weight is 627 g/mol. The molecule has 49 heavy (non-hydrogen) atoms. The molecule has 0 aliphatic heterocycles. The van der Waals surface area contributed by atoms with Crippen LogP contribution < -0.4 is 4.90 Å². The number of fused-ring (bicyclic) bond motifs is 8. The molecule has 0 N–H and O–H groups in total. The molecule has 0 unspecified atom stereocenters. The minimum absolute atomic E-state index is 0.899. The van der Waals surface area contributed by atoms with E-state index in [1.165, 1.54) is 32.8 Å². The number of benzene rings is 8. The van der Waals surface area contributed by atoms with Crippen molar-refractivity contribution >= 4 is 71.6 Å². The van der Waals surface area contributed by atoms with Gasteiger partial charge in [0, 0.05) is 43.9 Å². The van der Waals surface area contributed by atoms with Crippen LogP contribution in [-0.4, -0.2) is 4.57 Å². The standard InChI is InChI=1S/C46H30N2O/c1-3-14-31(15-4-1)34-18-7-10-22-40(34)48(42-24-13-21-38-37(42)28-29-45-46(38)39-20-9-12-25-44(39)49-45)33-26-27-36-35-19-8-11-23-41(35)47(43(36)30-33)32-16-5-2-6-17-32/h1-30H. The van der Waals surface area contributed by atoms with Gasteiger partial charge in [0.1, 0.15) is 11.2 Å². The number of aromatic nitrogens is 1. The summed E-state index contributed by atoms with van der Waals surface area (Å²) in [4.78, 5) is 2.44. The fourth-order valence-corrected chi connectivity index (χ4v) is 7.65. The number of para-hydroxylation sites is 4. The Bertz CT molecular complexity index is 2830. The van der Waals surface area contributed by atoms with Gasteiger partial charge >= 0.3 is 0 Å². The van der Waals surface area contributed by atoms with Gasteiger partial charge in [-0.3, -0.25) is 0 Å². The molecule has 0 saturated carbocycles. The second kappa shape index (κ2) is 11.0. The van der Waals surface area contributed by atoms with Crippen molar-refractivity contribution in [2.24, 2.45) is 0 Å². The lowest BCUT2D eigenvalue weighted by atomic mass is 9.99. The van der Waals surface area contributed by atoms with Crippen molar-refractivity contribution in [3.63, 3.8) is 0 Å². The van der Waals surface area contributed by atoms with Crippen LogP contribution >= 0.6 is 0 Å². The molecule has 0 bridgehead atoms. The largest absolute Gasteiger partial charge is 0.456 e. The molecule has 0 radical (unpaired) electrons.